The molecule has 0 saturated carbocycles. The van der Waals surface area contributed by atoms with Gasteiger partial charge in [-0.3, -0.25) is 0 Å². The van der Waals surface area contributed by atoms with Crippen molar-refractivity contribution >= 4 is 0 Å². The molecule has 2 nitrogen and oxygen atoms in total. The Bertz CT molecular complexity index is 428. The molecule has 106 valence electrons. The molecule has 1 fully saturated rings. The third kappa shape index (κ3) is 3.44. The van der Waals surface area contributed by atoms with Crippen molar-refractivity contribution < 1.29 is 13.5 Å². The van der Waals surface area contributed by atoms with Crippen molar-refractivity contribution in [3.8, 4) is 5.75 Å². The zero-order valence-corrected chi connectivity index (χ0v) is 11.5. The molecule has 0 bridgehead atoms. The predicted molar refractivity (Wildman–Crippen MR) is 71.8 cm³/mol. The first kappa shape index (κ1) is 14.3. The molecule has 1 aromatic rings. The molecule has 1 aliphatic rings. The first-order valence-corrected chi connectivity index (χ1v) is 6.75. The number of halogens is 2. The van der Waals surface area contributed by atoms with Crippen molar-refractivity contribution in [3.05, 3.63) is 29.6 Å². The average Bonchev–Trinajstić information content (AvgIpc) is 2.39. The number of ether oxygens (including phenoxy) is 1. The number of rotatable bonds is 4. The summed E-state index contributed by atoms with van der Waals surface area (Å²) < 4.78 is 33.3. The first-order valence-electron chi connectivity index (χ1n) is 6.75. The largest absolute Gasteiger partial charge is 0.494 e. The fraction of sp³-hybridized carbons (Fsp3) is 0.600. The maximum Gasteiger partial charge on any atom is 0.165 e. The van der Waals surface area contributed by atoms with Crippen LogP contribution in [0.25, 0.3) is 0 Å². The molecule has 0 spiro atoms. The summed E-state index contributed by atoms with van der Waals surface area (Å²) in [5, 5.41) is 3.22. The summed E-state index contributed by atoms with van der Waals surface area (Å²) in [6.45, 7) is 3.28. The Morgan fingerprint density at radius 1 is 1.47 bits per heavy atom. The Morgan fingerprint density at radius 3 is 2.84 bits per heavy atom. The van der Waals surface area contributed by atoms with Gasteiger partial charge in [0.15, 0.2) is 11.6 Å². The normalized spacial score (nSPS) is 22.8. The van der Waals surface area contributed by atoms with Crippen molar-refractivity contribution in [3.63, 3.8) is 0 Å². The van der Waals surface area contributed by atoms with E-state index in [1.165, 1.54) is 13.2 Å². The summed E-state index contributed by atoms with van der Waals surface area (Å²) in [5.41, 5.74) is -0.636. The van der Waals surface area contributed by atoms with E-state index in [1.807, 2.05) is 0 Å². The van der Waals surface area contributed by atoms with E-state index < -0.39 is 11.5 Å². The van der Waals surface area contributed by atoms with Crippen molar-refractivity contribution in [2.75, 3.05) is 20.2 Å². The molecule has 1 saturated heterocycles. The van der Waals surface area contributed by atoms with Crippen LogP contribution in [0.1, 0.15) is 25.3 Å². The molecule has 1 heterocycles. The number of methoxy groups -OCH3 is 1. The zero-order valence-electron chi connectivity index (χ0n) is 11.5. The minimum absolute atomic E-state index is 0.00795. The van der Waals surface area contributed by atoms with Gasteiger partial charge < -0.3 is 10.1 Å². The van der Waals surface area contributed by atoms with Gasteiger partial charge in [0.2, 0.25) is 0 Å². The molecule has 0 aliphatic carbocycles. The number of nitrogens with one attached hydrogen (secondary N) is 1. The number of piperidine rings is 1. The summed E-state index contributed by atoms with van der Waals surface area (Å²) in [7, 11) is 1.42. The Morgan fingerprint density at radius 2 is 2.26 bits per heavy atom. The van der Waals surface area contributed by atoms with E-state index in [0.717, 1.165) is 19.4 Å². The Kier molecular flexibility index (Phi) is 4.40. The lowest BCUT2D eigenvalue weighted by Crippen LogP contribution is -2.42. The summed E-state index contributed by atoms with van der Waals surface area (Å²) in [6, 6.07) is 4.66. The lowest BCUT2D eigenvalue weighted by Gasteiger charge is -2.34. The lowest BCUT2D eigenvalue weighted by molar-refractivity contribution is 0.0833. The highest BCUT2D eigenvalue weighted by Gasteiger charge is 2.35. The van der Waals surface area contributed by atoms with E-state index in [0.29, 0.717) is 12.1 Å². The van der Waals surface area contributed by atoms with E-state index in [1.54, 1.807) is 19.1 Å². The van der Waals surface area contributed by atoms with Crippen molar-refractivity contribution in [1.29, 1.82) is 0 Å². The fourth-order valence-electron chi connectivity index (χ4n) is 2.73. The molecule has 4 heteroatoms. The van der Waals surface area contributed by atoms with E-state index in [2.05, 4.69) is 5.32 Å². The Hall–Kier alpha value is -1.16. The fourth-order valence-corrected chi connectivity index (χ4v) is 2.73. The third-order valence-electron chi connectivity index (χ3n) is 3.91. The molecular formula is C15H21F2NO. The maximum atomic E-state index is 14.8. The lowest BCUT2D eigenvalue weighted by atomic mass is 9.81. The molecule has 2 rings (SSSR count). The van der Waals surface area contributed by atoms with Gasteiger partial charge >= 0.3 is 0 Å². The third-order valence-corrected chi connectivity index (χ3v) is 3.91. The van der Waals surface area contributed by atoms with Crippen LogP contribution in [0.2, 0.25) is 0 Å². The van der Waals surface area contributed by atoms with Gasteiger partial charge in [0.1, 0.15) is 5.67 Å². The molecule has 1 aromatic carbocycles. The van der Waals surface area contributed by atoms with Crippen LogP contribution in [0.3, 0.4) is 0 Å². The minimum atomic E-state index is -1.31. The van der Waals surface area contributed by atoms with Gasteiger partial charge in [-0.05, 0) is 44.0 Å². The van der Waals surface area contributed by atoms with Crippen LogP contribution in [0.5, 0.6) is 5.75 Å². The molecule has 0 aromatic heterocycles. The maximum absolute atomic E-state index is 14.8. The molecule has 1 N–H and O–H groups in total. The second kappa shape index (κ2) is 5.87. The van der Waals surface area contributed by atoms with Crippen LogP contribution < -0.4 is 10.1 Å². The standard InChI is InChI=1S/C15H21F2NO/c1-15(17,12-4-3-7-18-10-12)9-11-5-6-14(19-2)13(16)8-11/h5-6,8,12,18H,3-4,7,9-10H2,1-2H3. The Labute approximate surface area is 113 Å². The van der Waals surface area contributed by atoms with Gasteiger partial charge in [-0.25, -0.2) is 8.78 Å². The Balaban J connectivity index is 2.08. The van der Waals surface area contributed by atoms with E-state index >= 15 is 0 Å². The highest BCUT2D eigenvalue weighted by molar-refractivity contribution is 5.30. The highest BCUT2D eigenvalue weighted by Crippen LogP contribution is 2.32. The van der Waals surface area contributed by atoms with Gasteiger partial charge in [0.25, 0.3) is 0 Å². The zero-order chi connectivity index (χ0) is 13.9. The van der Waals surface area contributed by atoms with Crippen LogP contribution in [0.15, 0.2) is 18.2 Å². The van der Waals surface area contributed by atoms with Gasteiger partial charge in [0.05, 0.1) is 7.11 Å². The van der Waals surface area contributed by atoms with Crippen LogP contribution in [-0.4, -0.2) is 25.9 Å². The second-order valence-corrected chi connectivity index (χ2v) is 5.47. The predicted octanol–water partition coefficient (Wildman–Crippen LogP) is 3.10. The van der Waals surface area contributed by atoms with Gasteiger partial charge in [-0.2, -0.15) is 0 Å². The SMILES string of the molecule is COc1ccc(CC(C)(F)C2CCCNC2)cc1F. The molecule has 2 atom stereocenters. The van der Waals surface area contributed by atoms with Crippen molar-refractivity contribution in [2.24, 2.45) is 5.92 Å². The van der Waals surface area contributed by atoms with E-state index in [9.17, 15) is 8.78 Å². The number of alkyl halides is 1. The summed E-state index contributed by atoms with van der Waals surface area (Å²) in [6.07, 6.45) is 2.13. The van der Waals surface area contributed by atoms with Crippen LogP contribution >= 0.6 is 0 Å². The van der Waals surface area contributed by atoms with Crippen molar-refractivity contribution in [2.45, 2.75) is 31.9 Å². The van der Waals surface area contributed by atoms with Gasteiger partial charge in [0, 0.05) is 18.9 Å². The monoisotopic (exact) mass is 269 g/mol. The topological polar surface area (TPSA) is 21.3 Å². The van der Waals surface area contributed by atoms with Crippen LogP contribution in [0, 0.1) is 11.7 Å². The van der Waals surface area contributed by atoms with Crippen LogP contribution in [-0.2, 0) is 6.42 Å². The number of benzene rings is 1. The first-order chi connectivity index (χ1) is 9.03. The summed E-state index contributed by atoms with van der Waals surface area (Å²) >= 11 is 0. The van der Waals surface area contributed by atoms with E-state index in [4.69, 9.17) is 4.74 Å². The highest BCUT2D eigenvalue weighted by atomic mass is 19.1. The summed E-state index contributed by atoms with van der Waals surface area (Å²) in [5.74, 6) is -0.243. The van der Waals surface area contributed by atoms with Crippen molar-refractivity contribution in [1.82, 2.24) is 5.32 Å². The average molecular weight is 269 g/mol. The molecule has 1 aliphatic heterocycles. The molecule has 0 radical (unpaired) electrons. The van der Waals surface area contributed by atoms with Gasteiger partial charge in [-0.15, -0.1) is 0 Å². The quantitative estimate of drug-likeness (QED) is 0.907. The molecule has 19 heavy (non-hydrogen) atoms. The molecule has 2 unspecified atom stereocenters. The van der Waals surface area contributed by atoms with E-state index in [-0.39, 0.29) is 18.1 Å². The summed E-state index contributed by atoms with van der Waals surface area (Å²) in [4.78, 5) is 0. The molecular weight excluding hydrogens is 248 g/mol. The number of hydrogen-bond acceptors (Lipinski definition) is 2. The van der Waals surface area contributed by atoms with Gasteiger partial charge in [-0.1, -0.05) is 6.07 Å². The minimum Gasteiger partial charge on any atom is -0.494 e. The second-order valence-electron chi connectivity index (χ2n) is 5.47. The molecule has 0 amide bonds. The smallest absolute Gasteiger partial charge is 0.165 e. The van der Waals surface area contributed by atoms with Crippen LogP contribution in [0.4, 0.5) is 8.78 Å². The number of hydrogen-bond donors (Lipinski definition) is 1.